The van der Waals surface area contributed by atoms with Crippen molar-refractivity contribution in [2.75, 3.05) is 24.3 Å². The zero-order chi connectivity index (χ0) is 12.7. The minimum atomic E-state index is -0.0650. The highest BCUT2D eigenvalue weighted by Crippen LogP contribution is 2.15. The summed E-state index contributed by atoms with van der Waals surface area (Å²) in [6.07, 6.45) is 4.23. The van der Waals surface area contributed by atoms with Crippen molar-refractivity contribution in [2.24, 2.45) is 0 Å². The van der Waals surface area contributed by atoms with Crippen molar-refractivity contribution in [2.45, 2.75) is 19.8 Å². The average molecular weight is 252 g/mol. The van der Waals surface area contributed by atoms with Gasteiger partial charge in [-0.05, 0) is 43.4 Å². The Morgan fingerprint density at radius 2 is 2.18 bits per heavy atom. The minimum Gasteiger partial charge on any atom is -0.398 e. The van der Waals surface area contributed by atoms with Gasteiger partial charge in [0.25, 0.3) is 5.91 Å². The molecule has 0 radical (unpaired) electrons. The number of benzene rings is 1. The number of carbonyl (C=O) groups is 1. The Kier molecular flexibility index (Phi) is 5.91. The monoisotopic (exact) mass is 252 g/mol. The topological polar surface area (TPSA) is 55.1 Å². The highest BCUT2D eigenvalue weighted by atomic mass is 32.2. The molecule has 0 atom stereocenters. The second-order valence-corrected chi connectivity index (χ2v) is 4.98. The number of amides is 1. The molecule has 94 valence electrons. The van der Waals surface area contributed by atoms with E-state index in [9.17, 15) is 4.79 Å². The van der Waals surface area contributed by atoms with Crippen LogP contribution in [0.2, 0.25) is 0 Å². The molecule has 0 aromatic heterocycles. The van der Waals surface area contributed by atoms with Crippen LogP contribution in [0.4, 0.5) is 5.69 Å². The Balaban J connectivity index is 2.47. The van der Waals surface area contributed by atoms with E-state index in [0.717, 1.165) is 24.2 Å². The molecule has 0 spiro atoms. The number of anilines is 1. The van der Waals surface area contributed by atoms with E-state index in [4.69, 9.17) is 5.73 Å². The number of nitrogens with one attached hydrogen (secondary N) is 1. The highest BCUT2D eigenvalue weighted by Gasteiger charge is 2.11. The standard InChI is InChI=1S/C13H20N2OS/c1-10-6-5-7-11(14)12(10)13(16)15-8-3-4-9-17-2/h5-7H,3-4,8-9,14H2,1-2H3,(H,15,16). The Hall–Kier alpha value is -1.16. The summed E-state index contributed by atoms with van der Waals surface area (Å²) >= 11 is 1.83. The van der Waals surface area contributed by atoms with Crippen LogP contribution in [0.1, 0.15) is 28.8 Å². The number of rotatable bonds is 6. The van der Waals surface area contributed by atoms with E-state index in [1.165, 1.54) is 0 Å². The number of hydrogen-bond donors (Lipinski definition) is 2. The van der Waals surface area contributed by atoms with Gasteiger partial charge in [0.15, 0.2) is 0 Å². The molecule has 0 bridgehead atoms. The molecule has 0 aliphatic carbocycles. The molecule has 3 N–H and O–H groups in total. The zero-order valence-corrected chi connectivity index (χ0v) is 11.3. The molecule has 3 nitrogen and oxygen atoms in total. The van der Waals surface area contributed by atoms with Crippen molar-refractivity contribution in [3.8, 4) is 0 Å². The largest absolute Gasteiger partial charge is 0.398 e. The van der Waals surface area contributed by atoms with Crippen LogP contribution in [0, 0.1) is 6.92 Å². The summed E-state index contributed by atoms with van der Waals surface area (Å²) in [6.45, 7) is 2.62. The quantitative estimate of drug-likeness (QED) is 0.604. The van der Waals surface area contributed by atoms with Gasteiger partial charge >= 0.3 is 0 Å². The molecule has 0 saturated heterocycles. The summed E-state index contributed by atoms with van der Waals surface area (Å²) in [5.74, 6) is 1.08. The second-order valence-electron chi connectivity index (χ2n) is 3.99. The van der Waals surface area contributed by atoms with Gasteiger partial charge < -0.3 is 11.1 Å². The van der Waals surface area contributed by atoms with E-state index in [-0.39, 0.29) is 5.91 Å². The first-order valence-corrected chi connectivity index (χ1v) is 7.18. The zero-order valence-electron chi connectivity index (χ0n) is 10.5. The van der Waals surface area contributed by atoms with E-state index in [0.29, 0.717) is 17.8 Å². The summed E-state index contributed by atoms with van der Waals surface area (Å²) < 4.78 is 0. The second kappa shape index (κ2) is 7.22. The maximum atomic E-state index is 11.9. The van der Waals surface area contributed by atoms with Crippen molar-refractivity contribution >= 4 is 23.4 Å². The van der Waals surface area contributed by atoms with E-state index in [2.05, 4.69) is 11.6 Å². The number of thioether (sulfide) groups is 1. The van der Waals surface area contributed by atoms with Crippen LogP contribution in [0.15, 0.2) is 18.2 Å². The van der Waals surface area contributed by atoms with Crippen molar-refractivity contribution < 1.29 is 4.79 Å². The molecule has 1 aromatic carbocycles. The van der Waals surface area contributed by atoms with Crippen LogP contribution in [-0.2, 0) is 0 Å². The molecule has 1 rings (SSSR count). The van der Waals surface area contributed by atoms with Gasteiger partial charge in [-0.2, -0.15) is 11.8 Å². The van der Waals surface area contributed by atoms with Crippen molar-refractivity contribution in [1.82, 2.24) is 5.32 Å². The van der Waals surface area contributed by atoms with Gasteiger partial charge in [0, 0.05) is 12.2 Å². The van der Waals surface area contributed by atoms with Gasteiger partial charge in [0.1, 0.15) is 0 Å². The van der Waals surface area contributed by atoms with Crippen LogP contribution in [0.5, 0.6) is 0 Å². The van der Waals surface area contributed by atoms with Gasteiger partial charge in [-0.1, -0.05) is 12.1 Å². The predicted molar refractivity (Wildman–Crippen MR) is 75.5 cm³/mol. The van der Waals surface area contributed by atoms with E-state index >= 15 is 0 Å². The Labute approximate surface area is 107 Å². The molecule has 4 heteroatoms. The molecule has 0 heterocycles. The number of unbranched alkanes of at least 4 members (excludes halogenated alkanes) is 1. The lowest BCUT2D eigenvalue weighted by atomic mass is 10.1. The normalized spacial score (nSPS) is 10.2. The third-order valence-corrected chi connectivity index (χ3v) is 3.29. The van der Waals surface area contributed by atoms with Gasteiger partial charge in [-0.15, -0.1) is 0 Å². The van der Waals surface area contributed by atoms with E-state index < -0.39 is 0 Å². The third kappa shape index (κ3) is 4.30. The first-order valence-electron chi connectivity index (χ1n) is 5.79. The van der Waals surface area contributed by atoms with Crippen LogP contribution in [0.25, 0.3) is 0 Å². The maximum Gasteiger partial charge on any atom is 0.253 e. The summed E-state index contributed by atoms with van der Waals surface area (Å²) in [6, 6.07) is 5.52. The van der Waals surface area contributed by atoms with Crippen molar-refractivity contribution in [3.63, 3.8) is 0 Å². The SMILES string of the molecule is CSCCCCNC(=O)c1c(C)cccc1N. The smallest absolute Gasteiger partial charge is 0.253 e. The molecule has 0 unspecified atom stereocenters. The molecule has 0 aliphatic rings. The van der Waals surface area contributed by atoms with Gasteiger partial charge in [-0.25, -0.2) is 0 Å². The first kappa shape index (κ1) is 13.9. The number of nitrogen functional groups attached to an aromatic ring is 1. The molecule has 1 amide bonds. The third-order valence-electron chi connectivity index (χ3n) is 2.59. The molecule has 1 aromatic rings. The van der Waals surface area contributed by atoms with E-state index in [1.807, 2.05) is 30.8 Å². The van der Waals surface area contributed by atoms with Crippen LogP contribution in [-0.4, -0.2) is 24.5 Å². The van der Waals surface area contributed by atoms with Crippen molar-refractivity contribution in [3.05, 3.63) is 29.3 Å². The fraction of sp³-hybridized carbons (Fsp3) is 0.462. The van der Waals surface area contributed by atoms with Crippen LogP contribution >= 0.6 is 11.8 Å². The lowest BCUT2D eigenvalue weighted by molar-refractivity contribution is 0.0953. The summed E-state index contributed by atoms with van der Waals surface area (Å²) in [7, 11) is 0. The summed E-state index contributed by atoms with van der Waals surface area (Å²) in [4.78, 5) is 11.9. The van der Waals surface area contributed by atoms with Crippen molar-refractivity contribution in [1.29, 1.82) is 0 Å². The number of nitrogens with two attached hydrogens (primary N) is 1. The predicted octanol–water partition coefficient (Wildman–Crippen LogP) is 2.45. The Bertz CT molecular complexity index is 359. The summed E-state index contributed by atoms with van der Waals surface area (Å²) in [5, 5.41) is 2.91. The molecule has 17 heavy (non-hydrogen) atoms. The van der Waals surface area contributed by atoms with Gasteiger partial charge in [0.2, 0.25) is 0 Å². The molecular weight excluding hydrogens is 232 g/mol. The number of aryl methyl sites for hydroxylation is 1. The molecule has 0 saturated carbocycles. The lowest BCUT2D eigenvalue weighted by Gasteiger charge is -2.09. The first-order chi connectivity index (χ1) is 8.16. The Morgan fingerprint density at radius 3 is 2.82 bits per heavy atom. The molecular formula is C13H20N2OS. The molecule has 0 fully saturated rings. The maximum absolute atomic E-state index is 11.9. The lowest BCUT2D eigenvalue weighted by Crippen LogP contribution is -2.26. The van der Waals surface area contributed by atoms with E-state index in [1.54, 1.807) is 6.07 Å². The summed E-state index contributed by atoms with van der Waals surface area (Å²) in [5.41, 5.74) is 7.89. The van der Waals surface area contributed by atoms with Crippen LogP contribution in [0.3, 0.4) is 0 Å². The van der Waals surface area contributed by atoms with Gasteiger partial charge in [-0.3, -0.25) is 4.79 Å². The Morgan fingerprint density at radius 1 is 1.41 bits per heavy atom. The van der Waals surface area contributed by atoms with Crippen LogP contribution < -0.4 is 11.1 Å². The highest BCUT2D eigenvalue weighted by molar-refractivity contribution is 7.98. The molecule has 0 aliphatic heterocycles. The fourth-order valence-electron chi connectivity index (χ4n) is 1.66. The number of carbonyl (C=O) groups excluding carboxylic acids is 1. The number of hydrogen-bond acceptors (Lipinski definition) is 3. The fourth-order valence-corrected chi connectivity index (χ4v) is 2.16. The average Bonchev–Trinajstić information content (AvgIpc) is 2.28. The van der Waals surface area contributed by atoms with Gasteiger partial charge in [0.05, 0.1) is 5.56 Å². The minimum absolute atomic E-state index is 0.0650.